The van der Waals surface area contributed by atoms with Crippen molar-refractivity contribution in [3.63, 3.8) is 0 Å². The Balaban J connectivity index is 2.22. The Morgan fingerprint density at radius 2 is 1.92 bits per heavy atom. The third kappa shape index (κ3) is 3.68. The van der Waals surface area contributed by atoms with Gasteiger partial charge in [-0.3, -0.25) is 4.79 Å². The molecule has 3 rings (SSSR count). The monoisotopic (exact) mass is 394 g/mol. The lowest BCUT2D eigenvalue weighted by molar-refractivity contribution is -0.141. The Morgan fingerprint density at radius 3 is 2.58 bits per heavy atom. The highest BCUT2D eigenvalue weighted by Gasteiger charge is 2.16. The van der Waals surface area contributed by atoms with Gasteiger partial charge in [-0.15, -0.1) is 4.40 Å². The van der Waals surface area contributed by atoms with E-state index in [4.69, 9.17) is 0 Å². The number of halogens is 1. The molecule has 136 valence electrons. The summed E-state index contributed by atoms with van der Waals surface area (Å²) in [5.41, 5.74) is 1.42. The van der Waals surface area contributed by atoms with Gasteiger partial charge in [0.05, 0.1) is 22.2 Å². The Bertz CT molecular complexity index is 1150. The van der Waals surface area contributed by atoms with Gasteiger partial charge in [0.1, 0.15) is 12.4 Å². The number of methoxy groups -OCH3 is 1. The fourth-order valence-electron chi connectivity index (χ4n) is 2.33. The van der Waals surface area contributed by atoms with Crippen molar-refractivity contribution in [2.45, 2.75) is 18.4 Å². The summed E-state index contributed by atoms with van der Waals surface area (Å²) in [5, 5.41) is 0. The number of benzene rings is 2. The zero-order chi connectivity index (χ0) is 18.9. The maximum Gasteiger partial charge on any atom is 0.325 e. The summed E-state index contributed by atoms with van der Waals surface area (Å²) in [4.78, 5) is 11.8. The molecule has 0 aliphatic rings. The fraction of sp³-hybridized carbons (Fsp3) is 0.176. The molecule has 0 bridgehead atoms. The van der Waals surface area contributed by atoms with E-state index in [1.165, 1.54) is 42.0 Å². The molecule has 26 heavy (non-hydrogen) atoms. The smallest absolute Gasteiger partial charge is 0.325 e. The fourth-order valence-corrected chi connectivity index (χ4v) is 4.59. The van der Waals surface area contributed by atoms with Crippen LogP contribution >= 0.6 is 11.3 Å². The number of esters is 1. The number of hydrogen-bond donors (Lipinski definition) is 0. The molecule has 3 aromatic rings. The predicted molar refractivity (Wildman–Crippen MR) is 95.7 cm³/mol. The van der Waals surface area contributed by atoms with Crippen LogP contribution < -0.4 is 4.80 Å². The lowest BCUT2D eigenvalue weighted by atomic mass is 10.2. The third-order valence-electron chi connectivity index (χ3n) is 3.68. The van der Waals surface area contributed by atoms with Gasteiger partial charge in [-0.25, -0.2) is 4.39 Å². The van der Waals surface area contributed by atoms with Crippen LogP contribution in [0.4, 0.5) is 4.39 Å². The molecule has 2 aromatic carbocycles. The summed E-state index contributed by atoms with van der Waals surface area (Å²) >= 11 is 0.985. The summed E-state index contributed by atoms with van der Waals surface area (Å²) in [6.07, 6.45) is 0. The Morgan fingerprint density at radius 1 is 1.23 bits per heavy atom. The standard InChI is InChI=1S/C17H15FN2O4S2/c1-11-3-6-13(7-4-11)26(22,23)19-17-20(10-16(21)24-2)14-8-5-12(18)9-15(14)25-17/h3-9H,10H2,1-2H3/b19-17-. The summed E-state index contributed by atoms with van der Waals surface area (Å²) < 4.78 is 49.1. The van der Waals surface area contributed by atoms with Gasteiger partial charge in [0.25, 0.3) is 10.0 Å². The van der Waals surface area contributed by atoms with Gasteiger partial charge in [-0.05, 0) is 37.3 Å². The van der Waals surface area contributed by atoms with Gasteiger partial charge < -0.3 is 9.30 Å². The van der Waals surface area contributed by atoms with Gasteiger partial charge in [-0.1, -0.05) is 29.0 Å². The van der Waals surface area contributed by atoms with E-state index in [0.717, 1.165) is 16.9 Å². The van der Waals surface area contributed by atoms with Gasteiger partial charge in [-0.2, -0.15) is 8.42 Å². The number of aromatic nitrogens is 1. The molecule has 0 saturated heterocycles. The van der Waals surface area contributed by atoms with Crippen LogP contribution in [-0.2, 0) is 26.1 Å². The number of fused-ring (bicyclic) bond motifs is 1. The average Bonchev–Trinajstić information content (AvgIpc) is 2.90. The SMILES string of the molecule is COC(=O)Cn1/c(=N/S(=O)(=O)c2ccc(C)cc2)sc2cc(F)ccc21. The second kappa shape index (κ2) is 7.00. The molecule has 0 saturated carbocycles. The van der Waals surface area contributed by atoms with Crippen molar-refractivity contribution in [3.05, 3.63) is 58.6 Å². The summed E-state index contributed by atoms with van der Waals surface area (Å²) in [7, 11) is -2.75. The van der Waals surface area contributed by atoms with Crippen LogP contribution in [0, 0.1) is 12.7 Å². The molecule has 0 fully saturated rings. The molecular weight excluding hydrogens is 379 g/mol. The van der Waals surface area contributed by atoms with E-state index >= 15 is 0 Å². The van der Waals surface area contributed by atoms with Crippen molar-refractivity contribution >= 4 is 37.5 Å². The molecule has 0 aliphatic heterocycles. The lowest BCUT2D eigenvalue weighted by Crippen LogP contribution is -2.22. The normalized spacial score (nSPS) is 12.5. The van der Waals surface area contributed by atoms with E-state index in [1.807, 2.05) is 6.92 Å². The highest BCUT2D eigenvalue weighted by molar-refractivity contribution is 7.90. The minimum Gasteiger partial charge on any atom is -0.468 e. The van der Waals surface area contributed by atoms with Crippen molar-refractivity contribution in [1.82, 2.24) is 4.57 Å². The lowest BCUT2D eigenvalue weighted by Gasteiger charge is -2.04. The van der Waals surface area contributed by atoms with E-state index in [9.17, 15) is 17.6 Å². The highest BCUT2D eigenvalue weighted by Crippen LogP contribution is 2.20. The zero-order valence-corrected chi connectivity index (χ0v) is 15.6. The van der Waals surface area contributed by atoms with E-state index < -0.39 is 21.8 Å². The van der Waals surface area contributed by atoms with Crippen LogP contribution in [0.5, 0.6) is 0 Å². The zero-order valence-electron chi connectivity index (χ0n) is 14.0. The van der Waals surface area contributed by atoms with Gasteiger partial charge in [0.15, 0.2) is 0 Å². The van der Waals surface area contributed by atoms with Gasteiger partial charge >= 0.3 is 5.97 Å². The van der Waals surface area contributed by atoms with Crippen LogP contribution in [0.3, 0.4) is 0 Å². The number of carbonyl (C=O) groups is 1. The highest BCUT2D eigenvalue weighted by atomic mass is 32.2. The van der Waals surface area contributed by atoms with Crippen LogP contribution in [0.1, 0.15) is 5.56 Å². The summed E-state index contributed by atoms with van der Waals surface area (Å²) in [6, 6.07) is 10.3. The first kappa shape index (κ1) is 18.3. The predicted octanol–water partition coefficient (Wildman–Crippen LogP) is 2.61. The number of carbonyl (C=O) groups excluding carboxylic acids is 1. The Hall–Kier alpha value is -2.52. The van der Waals surface area contributed by atoms with Crippen molar-refractivity contribution in [2.24, 2.45) is 4.40 Å². The largest absolute Gasteiger partial charge is 0.468 e. The molecule has 6 nitrogen and oxygen atoms in total. The first-order valence-electron chi connectivity index (χ1n) is 7.53. The first-order valence-corrected chi connectivity index (χ1v) is 9.79. The van der Waals surface area contributed by atoms with Crippen molar-refractivity contribution in [2.75, 3.05) is 7.11 Å². The number of ether oxygens (including phenoxy) is 1. The molecular formula is C17H15FN2O4S2. The molecule has 0 radical (unpaired) electrons. The topological polar surface area (TPSA) is 77.7 Å². The van der Waals surface area contributed by atoms with Gasteiger partial charge in [0.2, 0.25) is 4.80 Å². The number of sulfonamides is 1. The summed E-state index contributed by atoms with van der Waals surface area (Å²) in [5.74, 6) is -1.03. The minimum absolute atomic E-state index is 0.0383. The molecule has 0 spiro atoms. The van der Waals surface area contributed by atoms with Crippen molar-refractivity contribution in [3.8, 4) is 0 Å². The molecule has 1 heterocycles. The average molecular weight is 394 g/mol. The Kier molecular flexibility index (Phi) is 4.92. The van der Waals surface area contributed by atoms with E-state index in [-0.39, 0.29) is 16.2 Å². The number of thiazole rings is 1. The molecule has 0 atom stereocenters. The van der Waals surface area contributed by atoms with Gasteiger partial charge in [0, 0.05) is 0 Å². The van der Waals surface area contributed by atoms with E-state index in [1.54, 1.807) is 12.1 Å². The molecule has 0 unspecified atom stereocenters. The number of nitrogens with zero attached hydrogens (tertiary/aromatic N) is 2. The van der Waals surface area contributed by atoms with Crippen molar-refractivity contribution < 1.29 is 22.3 Å². The number of rotatable bonds is 4. The second-order valence-corrected chi connectivity index (χ2v) is 8.15. The van der Waals surface area contributed by atoms with Crippen LogP contribution in [0.25, 0.3) is 10.2 Å². The molecule has 0 N–H and O–H groups in total. The minimum atomic E-state index is -3.98. The molecule has 0 amide bonds. The molecule has 9 heteroatoms. The third-order valence-corrected chi connectivity index (χ3v) is 6.11. The van der Waals surface area contributed by atoms with Crippen LogP contribution in [0.2, 0.25) is 0 Å². The van der Waals surface area contributed by atoms with E-state index in [0.29, 0.717) is 10.2 Å². The maximum atomic E-state index is 13.5. The molecule has 0 aliphatic carbocycles. The number of aryl methyl sites for hydroxylation is 1. The Labute approximate surface area is 153 Å². The first-order chi connectivity index (χ1) is 12.3. The van der Waals surface area contributed by atoms with Crippen LogP contribution in [-0.4, -0.2) is 26.1 Å². The van der Waals surface area contributed by atoms with E-state index in [2.05, 4.69) is 9.13 Å². The quantitative estimate of drug-likeness (QED) is 0.638. The maximum absolute atomic E-state index is 13.5. The van der Waals surface area contributed by atoms with Crippen molar-refractivity contribution in [1.29, 1.82) is 0 Å². The second-order valence-electron chi connectivity index (χ2n) is 5.54. The molecule has 1 aromatic heterocycles. The summed E-state index contributed by atoms with van der Waals surface area (Å²) in [6.45, 7) is 1.61. The number of hydrogen-bond acceptors (Lipinski definition) is 5. The van der Waals surface area contributed by atoms with Crippen LogP contribution in [0.15, 0.2) is 51.8 Å².